The zero-order chi connectivity index (χ0) is 14.5. The van der Waals surface area contributed by atoms with Crippen molar-refractivity contribution >= 4 is 0 Å². The SMILES string of the molecule is O[C@H](CN1CC[C@H](O[C@@H]2CCCCO2)C1)c1ccccc1. The van der Waals surface area contributed by atoms with Crippen molar-refractivity contribution in [1.82, 2.24) is 4.90 Å². The topological polar surface area (TPSA) is 41.9 Å². The first-order chi connectivity index (χ1) is 10.3. The second-order valence-corrected chi connectivity index (χ2v) is 6.03. The molecule has 3 rings (SSSR count). The summed E-state index contributed by atoms with van der Waals surface area (Å²) in [6, 6.07) is 9.86. The third kappa shape index (κ3) is 4.27. The van der Waals surface area contributed by atoms with Crippen molar-refractivity contribution in [2.45, 2.75) is 44.2 Å². The molecule has 0 aromatic heterocycles. The first-order valence-electron chi connectivity index (χ1n) is 8.04. The standard InChI is InChI=1S/C17H25NO3/c19-16(14-6-2-1-3-7-14)13-18-10-9-15(12-18)21-17-8-4-5-11-20-17/h1-3,6-7,15-17,19H,4-5,8-13H2/t15-,16+,17+/m0/s1. The quantitative estimate of drug-likeness (QED) is 0.904. The Hall–Kier alpha value is -0.940. The molecule has 0 radical (unpaired) electrons. The molecular formula is C17H25NO3. The number of β-amino-alcohol motifs (C(OH)–C–C–N with tert-alkyl or cyclic N) is 1. The van der Waals surface area contributed by atoms with Crippen LogP contribution in [0.3, 0.4) is 0 Å². The van der Waals surface area contributed by atoms with E-state index in [2.05, 4.69) is 4.90 Å². The van der Waals surface area contributed by atoms with Gasteiger partial charge in [-0.25, -0.2) is 0 Å². The van der Waals surface area contributed by atoms with E-state index in [4.69, 9.17) is 9.47 Å². The van der Waals surface area contributed by atoms with E-state index in [1.807, 2.05) is 30.3 Å². The van der Waals surface area contributed by atoms with Crippen molar-refractivity contribution < 1.29 is 14.6 Å². The minimum Gasteiger partial charge on any atom is -0.387 e. The Morgan fingerprint density at radius 3 is 2.86 bits per heavy atom. The monoisotopic (exact) mass is 291 g/mol. The molecule has 2 aliphatic rings. The molecule has 0 spiro atoms. The largest absolute Gasteiger partial charge is 0.387 e. The van der Waals surface area contributed by atoms with Crippen LogP contribution in [0.15, 0.2) is 30.3 Å². The van der Waals surface area contributed by atoms with Gasteiger partial charge in [0.2, 0.25) is 0 Å². The van der Waals surface area contributed by atoms with Gasteiger partial charge in [-0.15, -0.1) is 0 Å². The molecule has 1 N–H and O–H groups in total. The zero-order valence-electron chi connectivity index (χ0n) is 12.5. The first kappa shape index (κ1) is 15.0. The first-order valence-corrected chi connectivity index (χ1v) is 8.04. The predicted octanol–water partition coefficient (Wildman–Crippen LogP) is 2.34. The van der Waals surface area contributed by atoms with Crippen LogP contribution in [0.2, 0.25) is 0 Å². The van der Waals surface area contributed by atoms with Crippen molar-refractivity contribution in [2.75, 3.05) is 26.2 Å². The number of aliphatic hydroxyl groups is 1. The summed E-state index contributed by atoms with van der Waals surface area (Å²) in [5, 5.41) is 10.3. The summed E-state index contributed by atoms with van der Waals surface area (Å²) >= 11 is 0. The number of nitrogens with zero attached hydrogens (tertiary/aromatic N) is 1. The summed E-state index contributed by atoms with van der Waals surface area (Å²) in [6.45, 7) is 3.38. The van der Waals surface area contributed by atoms with Gasteiger partial charge < -0.3 is 14.6 Å². The Morgan fingerprint density at radius 2 is 2.10 bits per heavy atom. The van der Waals surface area contributed by atoms with Crippen LogP contribution < -0.4 is 0 Å². The molecular weight excluding hydrogens is 266 g/mol. The van der Waals surface area contributed by atoms with Crippen LogP contribution in [0, 0.1) is 0 Å². The summed E-state index contributed by atoms with van der Waals surface area (Å²) in [7, 11) is 0. The van der Waals surface area contributed by atoms with E-state index in [0.29, 0.717) is 6.54 Å². The van der Waals surface area contributed by atoms with Crippen molar-refractivity contribution in [3.05, 3.63) is 35.9 Å². The van der Waals surface area contributed by atoms with Gasteiger partial charge in [-0.05, 0) is 31.2 Å². The molecule has 4 heteroatoms. The van der Waals surface area contributed by atoms with Crippen molar-refractivity contribution in [2.24, 2.45) is 0 Å². The van der Waals surface area contributed by atoms with Gasteiger partial charge >= 0.3 is 0 Å². The molecule has 3 atom stereocenters. The third-order valence-corrected chi connectivity index (χ3v) is 4.33. The molecule has 1 aromatic rings. The van der Waals surface area contributed by atoms with Gasteiger partial charge in [0.25, 0.3) is 0 Å². The molecule has 4 nitrogen and oxygen atoms in total. The Labute approximate surface area is 126 Å². The predicted molar refractivity (Wildman–Crippen MR) is 80.9 cm³/mol. The van der Waals surface area contributed by atoms with E-state index in [1.165, 1.54) is 6.42 Å². The van der Waals surface area contributed by atoms with Gasteiger partial charge in [0.15, 0.2) is 6.29 Å². The van der Waals surface area contributed by atoms with Crippen molar-refractivity contribution in [1.29, 1.82) is 0 Å². The normalized spacial score (nSPS) is 28.6. The highest BCUT2D eigenvalue weighted by atomic mass is 16.7. The summed E-state index contributed by atoms with van der Waals surface area (Å²) in [6.07, 6.45) is 4.22. The lowest BCUT2D eigenvalue weighted by Gasteiger charge is -2.26. The van der Waals surface area contributed by atoms with Crippen LogP contribution in [0.25, 0.3) is 0 Å². The second kappa shape index (κ2) is 7.36. The number of ether oxygens (including phenoxy) is 2. The number of rotatable bonds is 5. The van der Waals surface area contributed by atoms with Gasteiger partial charge in [-0.2, -0.15) is 0 Å². The van der Waals surface area contributed by atoms with Crippen LogP contribution in [0.5, 0.6) is 0 Å². The number of benzene rings is 1. The van der Waals surface area contributed by atoms with Crippen LogP contribution in [-0.2, 0) is 9.47 Å². The Morgan fingerprint density at radius 1 is 1.24 bits per heavy atom. The average Bonchev–Trinajstić information content (AvgIpc) is 2.96. The van der Waals surface area contributed by atoms with E-state index < -0.39 is 6.10 Å². The van der Waals surface area contributed by atoms with Gasteiger partial charge in [0.05, 0.1) is 12.2 Å². The number of aliphatic hydroxyl groups excluding tert-OH is 1. The summed E-state index contributed by atoms with van der Waals surface area (Å²) in [5.74, 6) is 0. The average molecular weight is 291 g/mol. The smallest absolute Gasteiger partial charge is 0.158 e. The molecule has 2 heterocycles. The second-order valence-electron chi connectivity index (χ2n) is 6.03. The Balaban J connectivity index is 1.44. The maximum Gasteiger partial charge on any atom is 0.158 e. The number of likely N-dealkylation sites (tertiary alicyclic amines) is 1. The minimum atomic E-state index is -0.420. The fourth-order valence-electron chi connectivity index (χ4n) is 3.13. The number of hydrogen-bond acceptors (Lipinski definition) is 4. The van der Waals surface area contributed by atoms with Gasteiger partial charge in [0, 0.05) is 26.2 Å². The van der Waals surface area contributed by atoms with Crippen LogP contribution in [0.1, 0.15) is 37.4 Å². The molecule has 116 valence electrons. The molecule has 21 heavy (non-hydrogen) atoms. The lowest BCUT2D eigenvalue weighted by molar-refractivity contribution is -0.185. The summed E-state index contributed by atoms with van der Waals surface area (Å²) < 4.78 is 11.7. The fraction of sp³-hybridized carbons (Fsp3) is 0.647. The van der Waals surface area contributed by atoms with E-state index in [1.54, 1.807) is 0 Å². The molecule has 2 saturated heterocycles. The minimum absolute atomic E-state index is 0.0113. The number of hydrogen-bond donors (Lipinski definition) is 1. The Bertz CT molecular complexity index is 419. The van der Waals surface area contributed by atoms with Crippen molar-refractivity contribution in [3.63, 3.8) is 0 Å². The highest BCUT2D eigenvalue weighted by Crippen LogP contribution is 2.22. The van der Waals surface area contributed by atoms with E-state index in [0.717, 1.165) is 44.5 Å². The molecule has 2 fully saturated rings. The van der Waals surface area contributed by atoms with E-state index in [9.17, 15) is 5.11 Å². The lowest BCUT2D eigenvalue weighted by atomic mass is 10.1. The highest BCUT2D eigenvalue weighted by Gasteiger charge is 2.28. The van der Waals surface area contributed by atoms with Crippen LogP contribution in [-0.4, -0.2) is 48.6 Å². The molecule has 0 bridgehead atoms. The zero-order valence-corrected chi connectivity index (χ0v) is 12.5. The third-order valence-electron chi connectivity index (χ3n) is 4.33. The van der Waals surface area contributed by atoms with Crippen molar-refractivity contribution in [3.8, 4) is 0 Å². The molecule has 0 amide bonds. The molecule has 1 aromatic carbocycles. The fourth-order valence-corrected chi connectivity index (χ4v) is 3.13. The van der Waals surface area contributed by atoms with Gasteiger partial charge in [-0.1, -0.05) is 30.3 Å². The molecule has 0 aliphatic carbocycles. The van der Waals surface area contributed by atoms with Gasteiger partial charge in [-0.3, -0.25) is 4.90 Å². The Kier molecular flexibility index (Phi) is 5.25. The lowest BCUT2D eigenvalue weighted by Crippen LogP contribution is -2.31. The van der Waals surface area contributed by atoms with Crippen LogP contribution in [0.4, 0.5) is 0 Å². The molecule has 0 saturated carbocycles. The molecule has 2 aliphatic heterocycles. The summed E-state index contributed by atoms with van der Waals surface area (Å²) in [5.41, 5.74) is 0.984. The maximum atomic E-state index is 10.3. The van der Waals surface area contributed by atoms with Crippen LogP contribution >= 0.6 is 0 Å². The summed E-state index contributed by atoms with van der Waals surface area (Å²) in [4.78, 5) is 2.28. The van der Waals surface area contributed by atoms with E-state index >= 15 is 0 Å². The van der Waals surface area contributed by atoms with Gasteiger partial charge in [0.1, 0.15) is 0 Å². The maximum absolute atomic E-state index is 10.3. The van der Waals surface area contributed by atoms with E-state index in [-0.39, 0.29) is 12.4 Å². The molecule has 0 unspecified atom stereocenters. The highest BCUT2D eigenvalue weighted by molar-refractivity contribution is 5.17.